The first-order valence-electron chi connectivity index (χ1n) is 38.9. The van der Waals surface area contributed by atoms with Crippen LogP contribution in [0.2, 0.25) is 0 Å². The molecule has 0 saturated heterocycles. The number of phosphoric acid groups is 2. The van der Waals surface area contributed by atoms with E-state index in [0.29, 0.717) is 25.7 Å². The Morgan fingerprint density at radius 1 is 0.292 bits per heavy atom. The number of phosphoric ester groups is 2. The lowest BCUT2D eigenvalue weighted by Gasteiger charge is -2.21. The first kappa shape index (κ1) is 93.0. The molecule has 96 heavy (non-hydrogen) atoms. The number of carbonyl (C=O) groups is 4. The molecule has 0 aromatic carbocycles. The van der Waals surface area contributed by atoms with Crippen molar-refractivity contribution >= 4 is 39.5 Å². The van der Waals surface area contributed by atoms with Gasteiger partial charge in [-0.3, -0.25) is 37.3 Å². The molecule has 0 heterocycles. The summed E-state index contributed by atoms with van der Waals surface area (Å²) in [7, 11) is -9.94. The minimum absolute atomic E-state index is 0.0848. The van der Waals surface area contributed by atoms with Crippen LogP contribution in [0.15, 0.2) is 48.6 Å². The number of allylic oxidation sites excluding steroid dienone is 8. The predicted octanol–water partition coefficient (Wildman–Crippen LogP) is 22.1. The molecule has 3 N–H and O–H groups in total. The second-order valence-corrected chi connectivity index (χ2v) is 29.2. The quantitative estimate of drug-likeness (QED) is 0.0169. The summed E-state index contributed by atoms with van der Waals surface area (Å²) in [5.74, 6) is -2.17. The van der Waals surface area contributed by atoms with Crippen LogP contribution < -0.4 is 0 Å². The van der Waals surface area contributed by atoms with Gasteiger partial charge in [-0.05, 0) is 109 Å². The monoisotopic (exact) mass is 1400 g/mol. The van der Waals surface area contributed by atoms with Crippen molar-refractivity contribution in [3.05, 3.63) is 48.6 Å². The van der Waals surface area contributed by atoms with Gasteiger partial charge in [-0.15, -0.1) is 0 Å². The zero-order valence-corrected chi connectivity index (χ0v) is 63.1. The number of rotatable bonds is 74. The van der Waals surface area contributed by atoms with Crippen molar-refractivity contribution < 1.29 is 80.2 Å². The second-order valence-electron chi connectivity index (χ2n) is 26.3. The Morgan fingerprint density at radius 2 is 0.510 bits per heavy atom. The van der Waals surface area contributed by atoms with Gasteiger partial charge in [0.05, 0.1) is 26.4 Å². The van der Waals surface area contributed by atoms with Crippen molar-refractivity contribution in [2.75, 3.05) is 39.6 Å². The number of carbonyl (C=O) groups excluding carboxylic acids is 4. The summed E-state index contributed by atoms with van der Waals surface area (Å²) in [4.78, 5) is 72.8. The molecule has 0 radical (unpaired) electrons. The molecule has 17 nitrogen and oxygen atoms in total. The largest absolute Gasteiger partial charge is 0.472 e. The number of esters is 4. The molecule has 0 aromatic rings. The Balaban J connectivity index is 5.33. The van der Waals surface area contributed by atoms with Gasteiger partial charge in [0, 0.05) is 25.7 Å². The van der Waals surface area contributed by atoms with Crippen molar-refractivity contribution in [2.45, 2.75) is 380 Å². The topological polar surface area (TPSA) is 237 Å². The van der Waals surface area contributed by atoms with Crippen molar-refractivity contribution in [3.63, 3.8) is 0 Å². The van der Waals surface area contributed by atoms with Crippen molar-refractivity contribution in [1.82, 2.24) is 0 Å². The van der Waals surface area contributed by atoms with Crippen molar-refractivity contribution in [1.29, 1.82) is 0 Å². The summed E-state index contributed by atoms with van der Waals surface area (Å²) < 4.78 is 68.5. The number of aliphatic hydroxyl groups excluding tert-OH is 1. The minimum atomic E-state index is -4.97. The van der Waals surface area contributed by atoms with Crippen LogP contribution in [0.5, 0.6) is 0 Å². The highest BCUT2D eigenvalue weighted by Gasteiger charge is 2.30. The molecule has 0 fully saturated rings. The Kier molecular flexibility index (Phi) is 68.3. The van der Waals surface area contributed by atoms with Crippen LogP contribution in [0.4, 0.5) is 0 Å². The fraction of sp³-hybridized carbons (Fsp3) is 0.844. The summed E-state index contributed by atoms with van der Waals surface area (Å²) in [5, 5.41) is 10.6. The Morgan fingerprint density at radius 3 is 0.812 bits per heavy atom. The van der Waals surface area contributed by atoms with Crippen LogP contribution >= 0.6 is 15.6 Å². The highest BCUT2D eigenvalue weighted by atomic mass is 31.2. The van der Waals surface area contributed by atoms with Crippen LogP contribution in [0.3, 0.4) is 0 Å². The lowest BCUT2D eigenvalue weighted by atomic mass is 10.0. The van der Waals surface area contributed by atoms with Crippen LogP contribution in [0.25, 0.3) is 0 Å². The summed E-state index contributed by atoms with van der Waals surface area (Å²) in [6, 6.07) is 0. The number of ether oxygens (including phenoxy) is 4. The van der Waals surface area contributed by atoms with Gasteiger partial charge in [0.15, 0.2) is 12.2 Å². The maximum atomic E-state index is 13.1. The molecule has 562 valence electrons. The molecule has 0 aliphatic rings. The van der Waals surface area contributed by atoms with E-state index in [1.807, 2.05) is 0 Å². The van der Waals surface area contributed by atoms with Crippen LogP contribution in [0, 0.1) is 0 Å². The average molecular weight is 1400 g/mol. The second kappa shape index (κ2) is 70.5. The van der Waals surface area contributed by atoms with E-state index in [9.17, 15) is 43.2 Å². The molecule has 0 aliphatic heterocycles. The van der Waals surface area contributed by atoms with Gasteiger partial charge in [0.1, 0.15) is 19.3 Å². The van der Waals surface area contributed by atoms with E-state index in [1.165, 1.54) is 141 Å². The standard InChI is InChI=1S/C77H142O17P2/c1-5-9-13-17-21-25-29-33-35-39-42-46-50-54-58-62-75(80)88-68-72(93-76(81)63-59-55-51-47-43-38-32-28-24-20-16-12-8-4)69-91-95(83,84)89-65-71(78)66-90-96(85,86)92-70-73(67-87-74(79)61-57-53-49-45-41-37-31-27-23-19-15-11-7-3)94-77(82)64-60-56-52-48-44-40-36-34-30-26-22-18-14-10-6-2/h22,26,28,32-36,71-73,78H,5-21,23-25,27,29-31,37-70H2,1-4H3,(H,83,84)(H,85,86)/b26-22-,32-28-,35-33-,36-34-/t71-,72+,73+/m0/s1. The molecule has 0 bridgehead atoms. The summed E-state index contributed by atoms with van der Waals surface area (Å²) in [6.45, 7) is 4.86. The lowest BCUT2D eigenvalue weighted by Crippen LogP contribution is -2.30. The van der Waals surface area contributed by atoms with Crippen molar-refractivity contribution in [2.24, 2.45) is 0 Å². The molecule has 0 rings (SSSR count). The third-order valence-corrected chi connectivity index (χ3v) is 18.7. The number of aliphatic hydroxyl groups is 1. The van der Waals surface area contributed by atoms with E-state index >= 15 is 0 Å². The van der Waals surface area contributed by atoms with Crippen LogP contribution in [-0.4, -0.2) is 96.7 Å². The van der Waals surface area contributed by atoms with Gasteiger partial charge in [-0.2, -0.15) is 0 Å². The van der Waals surface area contributed by atoms with Gasteiger partial charge in [0.25, 0.3) is 0 Å². The smallest absolute Gasteiger partial charge is 0.462 e. The third kappa shape index (κ3) is 69.5. The van der Waals surface area contributed by atoms with E-state index in [1.54, 1.807) is 0 Å². The minimum Gasteiger partial charge on any atom is -0.462 e. The van der Waals surface area contributed by atoms with Crippen LogP contribution in [0.1, 0.15) is 362 Å². The molecule has 5 atom stereocenters. The highest BCUT2D eigenvalue weighted by molar-refractivity contribution is 7.47. The molecule has 0 aliphatic carbocycles. The number of hydrogen-bond donors (Lipinski definition) is 3. The third-order valence-electron chi connectivity index (χ3n) is 16.8. The molecular formula is C77H142O17P2. The average Bonchev–Trinajstić information content (AvgIpc) is 1.29. The van der Waals surface area contributed by atoms with Gasteiger partial charge >= 0.3 is 39.5 Å². The molecule has 19 heteroatoms. The number of unbranched alkanes of at least 4 members (excludes halogenated alkanes) is 40. The normalized spacial score (nSPS) is 14.2. The van der Waals surface area contributed by atoms with E-state index in [-0.39, 0.29) is 25.7 Å². The first-order chi connectivity index (χ1) is 46.7. The van der Waals surface area contributed by atoms with E-state index in [0.717, 1.165) is 141 Å². The molecule has 0 spiro atoms. The Labute approximate surface area is 585 Å². The molecular weight excluding hydrogens is 1260 g/mol. The molecule has 0 amide bonds. The van der Waals surface area contributed by atoms with Crippen LogP contribution in [-0.2, 0) is 65.4 Å². The van der Waals surface area contributed by atoms with Gasteiger partial charge in [-0.1, -0.05) is 275 Å². The zero-order chi connectivity index (χ0) is 70.4. The van der Waals surface area contributed by atoms with Gasteiger partial charge in [0.2, 0.25) is 0 Å². The number of hydrogen-bond acceptors (Lipinski definition) is 15. The van der Waals surface area contributed by atoms with Gasteiger partial charge < -0.3 is 33.8 Å². The SMILES string of the molecule is CCCCC/C=C\C/C=C\CCCCCCCC(=O)O[C@H](COC(=O)CCCCCCCCCCCCCCC)COP(=O)(O)OC[C@@H](O)COP(=O)(O)OC[C@@H](COC(=O)CCCCCCC/C=C\CCCCCCCC)OC(=O)CCCCCCC/C=C\CCCCCC. The van der Waals surface area contributed by atoms with E-state index in [2.05, 4.69) is 76.3 Å². The predicted molar refractivity (Wildman–Crippen MR) is 390 cm³/mol. The molecule has 0 saturated carbocycles. The molecule has 0 aromatic heterocycles. The lowest BCUT2D eigenvalue weighted by molar-refractivity contribution is -0.161. The fourth-order valence-corrected chi connectivity index (χ4v) is 12.3. The first-order valence-corrected chi connectivity index (χ1v) is 41.9. The molecule has 2 unspecified atom stereocenters. The fourth-order valence-electron chi connectivity index (χ4n) is 10.8. The van der Waals surface area contributed by atoms with E-state index < -0.39 is 97.5 Å². The highest BCUT2D eigenvalue weighted by Crippen LogP contribution is 2.45. The maximum Gasteiger partial charge on any atom is 0.472 e. The Bertz CT molecular complexity index is 2010. The zero-order valence-electron chi connectivity index (χ0n) is 61.3. The Hall–Kier alpha value is -2.98. The summed E-state index contributed by atoms with van der Waals surface area (Å²) in [6.07, 6.45) is 66.6. The maximum absolute atomic E-state index is 13.1. The summed E-state index contributed by atoms with van der Waals surface area (Å²) >= 11 is 0. The van der Waals surface area contributed by atoms with Crippen molar-refractivity contribution in [3.8, 4) is 0 Å². The van der Waals surface area contributed by atoms with E-state index in [4.69, 9.17) is 37.0 Å². The summed E-state index contributed by atoms with van der Waals surface area (Å²) in [5.41, 5.74) is 0. The van der Waals surface area contributed by atoms with Gasteiger partial charge in [-0.25, -0.2) is 9.13 Å².